The molecule has 0 unspecified atom stereocenters. The SMILES string of the molecule is C=O.CN(C)C(C)(C)C#CC(=O)N1CCCC1.CO. The minimum atomic E-state index is -0.241. The van der Waals surface area contributed by atoms with Crippen LogP contribution in [0.1, 0.15) is 26.7 Å². The lowest BCUT2D eigenvalue weighted by atomic mass is 10.1. The van der Waals surface area contributed by atoms with E-state index in [1.165, 1.54) is 0 Å². The van der Waals surface area contributed by atoms with Crippen LogP contribution >= 0.6 is 0 Å². The average Bonchev–Trinajstić information content (AvgIpc) is 2.94. The van der Waals surface area contributed by atoms with E-state index in [0.717, 1.165) is 33.0 Å². The van der Waals surface area contributed by atoms with E-state index in [9.17, 15) is 4.79 Å². The van der Waals surface area contributed by atoms with Crippen LogP contribution in [0, 0.1) is 11.8 Å². The highest BCUT2D eigenvalue weighted by Gasteiger charge is 2.19. The maximum absolute atomic E-state index is 11.6. The van der Waals surface area contributed by atoms with E-state index in [0.29, 0.717) is 0 Å². The number of aliphatic hydroxyl groups is 1. The predicted octanol–water partition coefficient (Wildman–Crippen LogP) is 0.376. The monoisotopic (exact) mass is 270 g/mol. The molecule has 0 aromatic carbocycles. The van der Waals surface area contributed by atoms with Crippen LogP contribution in [0.3, 0.4) is 0 Å². The largest absolute Gasteiger partial charge is 0.400 e. The molecule has 0 spiro atoms. The molecule has 1 fully saturated rings. The first-order valence-corrected chi connectivity index (χ1v) is 6.16. The normalized spacial score (nSPS) is 13.5. The predicted molar refractivity (Wildman–Crippen MR) is 76.6 cm³/mol. The van der Waals surface area contributed by atoms with E-state index in [4.69, 9.17) is 9.90 Å². The molecule has 1 rings (SSSR count). The third-order valence-corrected chi connectivity index (χ3v) is 2.99. The molecule has 1 N–H and O–H groups in total. The summed E-state index contributed by atoms with van der Waals surface area (Å²) in [6.07, 6.45) is 2.23. The van der Waals surface area contributed by atoms with Crippen LogP contribution in [0.4, 0.5) is 0 Å². The summed E-state index contributed by atoms with van der Waals surface area (Å²) < 4.78 is 0. The molecule has 0 aromatic rings. The van der Waals surface area contributed by atoms with E-state index in [2.05, 4.69) is 11.8 Å². The standard InChI is InChI=1S/C12H20N2O.CH4O.CH2O/c1-12(2,13(3)4)8-7-11(15)14-9-5-6-10-14;2*1-2/h5-6,9-10H2,1-4H3;2H,1H3;1H2. The van der Waals surface area contributed by atoms with Crippen LogP contribution < -0.4 is 0 Å². The zero-order valence-electron chi connectivity index (χ0n) is 12.7. The molecular weight excluding hydrogens is 244 g/mol. The molecule has 19 heavy (non-hydrogen) atoms. The van der Waals surface area contributed by atoms with Crippen LogP contribution in [0.5, 0.6) is 0 Å². The minimum Gasteiger partial charge on any atom is -0.400 e. The fourth-order valence-corrected chi connectivity index (χ4v) is 1.32. The van der Waals surface area contributed by atoms with Gasteiger partial charge in [0.15, 0.2) is 0 Å². The number of carbonyl (C=O) groups excluding carboxylic acids is 2. The smallest absolute Gasteiger partial charge is 0.298 e. The van der Waals surface area contributed by atoms with Crippen molar-refractivity contribution in [3.63, 3.8) is 0 Å². The molecule has 1 aliphatic heterocycles. The van der Waals surface area contributed by atoms with E-state index in [1.54, 1.807) is 0 Å². The Morgan fingerprint density at radius 1 is 1.21 bits per heavy atom. The Morgan fingerprint density at radius 2 is 1.63 bits per heavy atom. The molecule has 1 heterocycles. The number of hydrogen-bond donors (Lipinski definition) is 1. The maximum Gasteiger partial charge on any atom is 0.298 e. The molecule has 0 aromatic heterocycles. The molecule has 1 saturated heterocycles. The molecule has 0 radical (unpaired) electrons. The molecular formula is C14H26N2O3. The van der Waals surface area contributed by atoms with E-state index in [-0.39, 0.29) is 11.4 Å². The van der Waals surface area contributed by atoms with Crippen molar-refractivity contribution in [3.8, 4) is 11.8 Å². The van der Waals surface area contributed by atoms with Crippen LogP contribution in [-0.4, -0.2) is 67.4 Å². The van der Waals surface area contributed by atoms with Gasteiger partial charge in [0.2, 0.25) is 0 Å². The first-order chi connectivity index (χ1) is 8.93. The van der Waals surface area contributed by atoms with Gasteiger partial charge in [-0.25, -0.2) is 0 Å². The summed E-state index contributed by atoms with van der Waals surface area (Å²) in [6, 6.07) is 0. The van der Waals surface area contributed by atoms with Gasteiger partial charge in [-0.1, -0.05) is 5.92 Å². The van der Waals surface area contributed by atoms with Gasteiger partial charge in [0.1, 0.15) is 6.79 Å². The Bertz CT molecular complexity index is 310. The maximum atomic E-state index is 11.6. The lowest BCUT2D eigenvalue weighted by molar-refractivity contribution is -0.124. The number of nitrogens with zero attached hydrogens (tertiary/aromatic N) is 2. The second kappa shape index (κ2) is 10.5. The molecule has 1 amide bonds. The highest BCUT2D eigenvalue weighted by molar-refractivity contribution is 5.93. The summed E-state index contributed by atoms with van der Waals surface area (Å²) in [5, 5.41) is 7.00. The second-order valence-corrected chi connectivity index (χ2v) is 4.70. The van der Waals surface area contributed by atoms with Gasteiger partial charge in [-0.05, 0) is 46.7 Å². The Morgan fingerprint density at radius 3 is 2.00 bits per heavy atom. The Hall–Kier alpha value is -1.38. The lowest BCUT2D eigenvalue weighted by Crippen LogP contribution is -2.37. The van der Waals surface area contributed by atoms with Crippen molar-refractivity contribution in [1.29, 1.82) is 0 Å². The quantitative estimate of drug-likeness (QED) is 0.700. The molecule has 1 aliphatic rings. The molecule has 110 valence electrons. The van der Waals surface area contributed by atoms with Gasteiger partial charge in [-0.2, -0.15) is 0 Å². The fourth-order valence-electron chi connectivity index (χ4n) is 1.32. The van der Waals surface area contributed by atoms with Gasteiger partial charge >= 0.3 is 0 Å². The van der Waals surface area contributed by atoms with E-state index in [1.807, 2.05) is 44.5 Å². The van der Waals surface area contributed by atoms with Crippen LogP contribution in [0.2, 0.25) is 0 Å². The van der Waals surface area contributed by atoms with Gasteiger partial charge in [-0.3, -0.25) is 9.69 Å². The average molecular weight is 270 g/mol. The van der Waals surface area contributed by atoms with Crippen LogP contribution in [0.15, 0.2) is 0 Å². The van der Waals surface area contributed by atoms with Crippen molar-refractivity contribution in [2.24, 2.45) is 0 Å². The summed E-state index contributed by atoms with van der Waals surface area (Å²) >= 11 is 0. The highest BCUT2D eigenvalue weighted by Crippen LogP contribution is 2.09. The topological polar surface area (TPSA) is 60.9 Å². The number of amides is 1. The molecule has 0 saturated carbocycles. The first kappa shape index (κ1) is 19.9. The summed E-state index contributed by atoms with van der Waals surface area (Å²) in [5.74, 6) is 5.74. The molecule has 5 nitrogen and oxygen atoms in total. The van der Waals surface area contributed by atoms with Crippen LogP contribution in [0.25, 0.3) is 0 Å². The lowest BCUT2D eigenvalue weighted by Gasteiger charge is -2.26. The zero-order chi connectivity index (χ0) is 15.5. The molecule has 0 atom stereocenters. The van der Waals surface area contributed by atoms with Crippen molar-refractivity contribution in [2.75, 3.05) is 34.3 Å². The molecule has 0 aliphatic carbocycles. The summed E-state index contributed by atoms with van der Waals surface area (Å²) in [7, 11) is 4.93. The van der Waals surface area contributed by atoms with Gasteiger partial charge < -0.3 is 14.8 Å². The van der Waals surface area contributed by atoms with Crippen molar-refractivity contribution in [1.82, 2.24) is 9.80 Å². The van der Waals surface area contributed by atoms with Crippen molar-refractivity contribution in [3.05, 3.63) is 0 Å². The first-order valence-electron chi connectivity index (χ1n) is 6.16. The number of likely N-dealkylation sites (tertiary alicyclic amines) is 1. The van der Waals surface area contributed by atoms with Gasteiger partial charge in [0.05, 0.1) is 5.54 Å². The number of carbonyl (C=O) groups is 2. The van der Waals surface area contributed by atoms with Gasteiger partial charge in [0, 0.05) is 20.2 Å². The summed E-state index contributed by atoms with van der Waals surface area (Å²) in [4.78, 5) is 23.5. The van der Waals surface area contributed by atoms with Crippen molar-refractivity contribution < 1.29 is 14.7 Å². The number of rotatable bonds is 1. The third kappa shape index (κ3) is 7.60. The third-order valence-electron chi connectivity index (χ3n) is 2.99. The van der Waals surface area contributed by atoms with Gasteiger partial charge in [-0.15, -0.1) is 0 Å². The van der Waals surface area contributed by atoms with Gasteiger partial charge in [0.25, 0.3) is 5.91 Å². The summed E-state index contributed by atoms with van der Waals surface area (Å²) in [5.41, 5.74) is -0.241. The highest BCUT2D eigenvalue weighted by atomic mass is 16.2. The van der Waals surface area contributed by atoms with Crippen molar-refractivity contribution in [2.45, 2.75) is 32.2 Å². The molecule has 5 heteroatoms. The number of aliphatic hydroxyl groups excluding tert-OH is 1. The molecule has 0 bridgehead atoms. The van der Waals surface area contributed by atoms with E-state index >= 15 is 0 Å². The Balaban J connectivity index is 0. The minimum absolute atomic E-state index is 0.0255. The van der Waals surface area contributed by atoms with E-state index < -0.39 is 0 Å². The van der Waals surface area contributed by atoms with Crippen molar-refractivity contribution >= 4 is 12.7 Å². The van der Waals surface area contributed by atoms with Crippen LogP contribution in [-0.2, 0) is 9.59 Å². The Labute approximate surface area is 116 Å². The number of hydrogen-bond acceptors (Lipinski definition) is 4. The summed E-state index contributed by atoms with van der Waals surface area (Å²) in [6.45, 7) is 7.76. The second-order valence-electron chi connectivity index (χ2n) is 4.70. The Kier molecular flexibility index (Phi) is 11.1. The zero-order valence-corrected chi connectivity index (χ0v) is 12.7. The fraction of sp³-hybridized carbons (Fsp3) is 0.714.